The minimum Gasteiger partial charge on any atom is -0.545 e. The summed E-state index contributed by atoms with van der Waals surface area (Å²) in [6.45, 7) is 11.0. The standard InChI is InChI=1S/5C11H20O2.V/c5*1-2-3-4-5-6-7-8-9-10-11(12)13;/h5*9-10H,2-8H2,1H3,(H,12,13);/p-5. The van der Waals surface area contributed by atoms with Crippen molar-refractivity contribution in [1.82, 2.24) is 0 Å². The van der Waals surface area contributed by atoms with Crippen LogP contribution in [0.15, 0.2) is 60.8 Å². The van der Waals surface area contributed by atoms with Gasteiger partial charge in [-0.15, -0.1) is 0 Å². The second-order valence-electron chi connectivity index (χ2n) is 16.4. The zero-order valence-corrected chi connectivity index (χ0v) is 43.9. The molecule has 11 heteroatoms. The predicted molar refractivity (Wildman–Crippen MR) is 261 cm³/mol. The second-order valence-corrected chi connectivity index (χ2v) is 16.4. The maximum atomic E-state index is 9.98. The number of carboxylic acids is 5. The van der Waals surface area contributed by atoms with Gasteiger partial charge in [-0.1, -0.05) is 226 Å². The first kappa shape index (κ1) is 74.2. The Hall–Kier alpha value is -3.37. The maximum Gasteiger partial charge on any atom is 0.0639 e. The van der Waals surface area contributed by atoms with Crippen LogP contribution in [-0.2, 0) is 42.5 Å². The molecule has 0 fully saturated rings. The van der Waals surface area contributed by atoms with Gasteiger partial charge in [-0.3, -0.25) is 0 Å². The van der Waals surface area contributed by atoms with E-state index in [1.165, 1.54) is 161 Å². The summed E-state index contributed by atoms with van der Waals surface area (Å²) >= 11 is 0. The van der Waals surface area contributed by atoms with Gasteiger partial charge in [-0.05, 0) is 94.6 Å². The Morgan fingerprint density at radius 1 is 0.242 bits per heavy atom. The largest absolute Gasteiger partial charge is 0.545 e. The van der Waals surface area contributed by atoms with Gasteiger partial charge in [0.2, 0.25) is 0 Å². The molecule has 0 aromatic heterocycles. The summed E-state index contributed by atoms with van der Waals surface area (Å²) in [4.78, 5) is 49.9. The van der Waals surface area contributed by atoms with Crippen molar-refractivity contribution in [3.8, 4) is 0 Å². The first-order valence-electron chi connectivity index (χ1n) is 25.7. The molecule has 0 aromatic carbocycles. The van der Waals surface area contributed by atoms with E-state index in [1.54, 1.807) is 30.4 Å². The molecule has 10 nitrogen and oxygen atoms in total. The molecule has 0 saturated carbocycles. The monoisotopic (exact) mass is 967 g/mol. The molecule has 0 N–H and O–H groups in total. The van der Waals surface area contributed by atoms with E-state index in [1.807, 2.05) is 0 Å². The van der Waals surface area contributed by atoms with E-state index in [4.69, 9.17) is 0 Å². The van der Waals surface area contributed by atoms with Crippen LogP contribution >= 0.6 is 0 Å². The van der Waals surface area contributed by atoms with Crippen LogP contribution < -0.4 is 25.5 Å². The molecule has 0 bridgehead atoms. The predicted octanol–water partition coefficient (Wildman–Crippen LogP) is 10.2. The van der Waals surface area contributed by atoms with Gasteiger partial charge in [0.05, 0.1) is 29.8 Å². The molecule has 1 radical (unpaired) electrons. The van der Waals surface area contributed by atoms with Gasteiger partial charge >= 0.3 is 0 Å². The average molecular weight is 967 g/mol. The maximum absolute atomic E-state index is 9.98. The summed E-state index contributed by atoms with van der Waals surface area (Å²) in [6, 6.07) is 0. The molecule has 385 valence electrons. The van der Waals surface area contributed by atoms with E-state index < -0.39 is 29.8 Å². The fraction of sp³-hybridized carbons (Fsp3) is 0.727. The number of hydrogen-bond donors (Lipinski definition) is 0. The minimum absolute atomic E-state index is 0. The summed E-state index contributed by atoms with van der Waals surface area (Å²) in [5.74, 6) is -5.46. The van der Waals surface area contributed by atoms with Crippen molar-refractivity contribution < 1.29 is 68.1 Å². The molecule has 0 spiro atoms. The molecule has 0 aliphatic heterocycles. The van der Waals surface area contributed by atoms with E-state index in [9.17, 15) is 49.5 Å². The molecule has 0 aromatic rings. The molecule has 66 heavy (non-hydrogen) atoms. The Kier molecular flexibility index (Phi) is 79.4. The van der Waals surface area contributed by atoms with Gasteiger partial charge in [0.25, 0.3) is 0 Å². The Labute approximate surface area is 416 Å². The number of rotatable bonds is 40. The Morgan fingerprint density at radius 3 is 0.485 bits per heavy atom. The number of carboxylic acid groups (broad SMARTS) is 5. The fourth-order valence-corrected chi connectivity index (χ4v) is 6.11. The molecule has 0 amide bonds. The summed E-state index contributed by atoms with van der Waals surface area (Å²) in [6.07, 6.45) is 55.6. The number of unbranched alkanes of at least 4 members (excludes halogenated alkanes) is 30. The molecule has 0 rings (SSSR count). The number of carbonyl (C=O) groups excluding carboxylic acids is 5. The van der Waals surface area contributed by atoms with Gasteiger partial charge in [0, 0.05) is 18.6 Å². The molecule has 0 atom stereocenters. The third kappa shape index (κ3) is 99.2. The second kappa shape index (κ2) is 70.6. The van der Waals surface area contributed by atoms with Crippen LogP contribution in [0, 0.1) is 0 Å². The van der Waals surface area contributed by atoms with Gasteiger partial charge < -0.3 is 49.5 Å². The average Bonchev–Trinajstić information content (AvgIpc) is 3.26. The van der Waals surface area contributed by atoms with Crippen LogP contribution in [0.5, 0.6) is 0 Å². The topological polar surface area (TPSA) is 201 Å². The van der Waals surface area contributed by atoms with Crippen molar-refractivity contribution in [3.63, 3.8) is 0 Å². The third-order valence-electron chi connectivity index (χ3n) is 9.89. The van der Waals surface area contributed by atoms with Crippen molar-refractivity contribution >= 4 is 29.8 Å². The molecule has 0 heterocycles. The number of hydrogen-bond acceptors (Lipinski definition) is 10. The van der Waals surface area contributed by atoms with Gasteiger partial charge in [-0.25, -0.2) is 0 Å². The van der Waals surface area contributed by atoms with Gasteiger partial charge in [0.15, 0.2) is 0 Å². The number of allylic oxidation sites excluding steroid dienone is 5. The zero-order valence-electron chi connectivity index (χ0n) is 42.6. The SMILES string of the molecule is CCCCCCCCC=CC(=O)[O-].CCCCCCCCC=CC(=O)[O-].CCCCCCCCC=CC(=O)[O-].CCCCCCCCC=CC(=O)[O-].CCCCCCCCC=CC(=O)[O-].[V]. The molecule has 0 unspecified atom stereocenters. The summed E-state index contributed by atoms with van der Waals surface area (Å²) in [7, 11) is 0. The molecule has 0 aliphatic rings. The molecule has 0 aliphatic carbocycles. The van der Waals surface area contributed by atoms with Gasteiger partial charge in [0.1, 0.15) is 0 Å². The smallest absolute Gasteiger partial charge is 0.0639 e. The van der Waals surface area contributed by atoms with Crippen molar-refractivity contribution in [2.24, 2.45) is 0 Å². The van der Waals surface area contributed by atoms with E-state index in [-0.39, 0.29) is 18.6 Å². The first-order chi connectivity index (χ1) is 31.4. The van der Waals surface area contributed by atoms with E-state index in [0.717, 1.165) is 94.6 Å². The molecular formula is C55H95O10V-5. The van der Waals surface area contributed by atoms with Crippen LogP contribution in [0.3, 0.4) is 0 Å². The summed E-state index contributed by atoms with van der Waals surface area (Å²) < 4.78 is 0. The van der Waals surface area contributed by atoms with E-state index >= 15 is 0 Å². The number of carbonyl (C=O) groups is 5. The quantitative estimate of drug-likeness (QED) is 0.0420. The normalized spacial score (nSPS) is 10.7. The van der Waals surface area contributed by atoms with Crippen LogP contribution in [0.2, 0.25) is 0 Å². The van der Waals surface area contributed by atoms with Crippen molar-refractivity contribution in [2.75, 3.05) is 0 Å². The van der Waals surface area contributed by atoms with E-state index in [0.29, 0.717) is 0 Å². The Bertz CT molecular complexity index is 967. The fourth-order valence-electron chi connectivity index (χ4n) is 6.11. The molecular weight excluding hydrogens is 872 g/mol. The summed E-state index contributed by atoms with van der Waals surface area (Å²) in [5, 5.41) is 49.9. The van der Waals surface area contributed by atoms with Crippen LogP contribution in [0.1, 0.15) is 259 Å². The number of aliphatic carboxylic acids is 5. The zero-order chi connectivity index (χ0) is 49.7. The van der Waals surface area contributed by atoms with Crippen molar-refractivity contribution in [3.05, 3.63) is 60.8 Å². The Balaban J connectivity index is -0.000000170. The Morgan fingerprint density at radius 2 is 0.364 bits per heavy atom. The van der Waals surface area contributed by atoms with Crippen molar-refractivity contribution in [2.45, 2.75) is 259 Å². The van der Waals surface area contributed by atoms with Gasteiger partial charge in [-0.2, -0.15) is 0 Å². The van der Waals surface area contributed by atoms with E-state index in [2.05, 4.69) is 34.6 Å². The van der Waals surface area contributed by atoms with Crippen LogP contribution in [0.25, 0.3) is 0 Å². The third-order valence-corrected chi connectivity index (χ3v) is 9.89. The summed E-state index contributed by atoms with van der Waals surface area (Å²) in [5.41, 5.74) is 0. The van der Waals surface area contributed by atoms with Crippen LogP contribution in [0.4, 0.5) is 0 Å². The first-order valence-corrected chi connectivity index (χ1v) is 25.7. The van der Waals surface area contributed by atoms with Crippen molar-refractivity contribution in [1.29, 1.82) is 0 Å². The molecule has 0 saturated heterocycles. The van der Waals surface area contributed by atoms with Crippen LogP contribution in [-0.4, -0.2) is 29.8 Å². The minimum atomic E-state index is -1.09.